The van der Waals surface area contributed by atoms with E-state index in [0.717, 1.165) is 16.4 Å². The van der Waals surface area contributed by atoms with Crippen LogP contribution in [0.25, 0.3) is 0 Å². The molecule has 0 saturated heterocycles. The summed E-state index contributed by atoms with van der Waals surface area (Å²) >= 11 is 3.34. The van der Waals surface area contributed by atoms with Gasteiger partial charge in [-0.2, -0.15) is 11.8 Å². The molecule has 0 spiro atoms. The highest BCUT2D eigenvalue weighted by atomic mass is 32.2. The zero-order valence-corrected chi connectivity index (χ0v) is 16.5. The third kappa shape index (κ3) is 8.13. The number of rotatable bonds is 9. The van der Waals surface area contributed by atoms with Gasteiger partial charge in [-0.05, 0) is 41.4 Å². The number of carbonyl (C=O) groups is 2. The van der Waals surface area contributed by atoms with Crippen LogP contribution in [0.3, 0.4) is 0 Å². The number of aliphatic hydroxyl groups is 1. The number of hydrogen-bond donors (Lipinski definition) is 4. The van der Waals surface area contributed by atoms with Crippen molar-refractivity contribution >= 4 is 35.3 Å². The number of thioether (sulfide) groups is 2. The zero-order chi connectivity index (χ0) is 18.8. The molecule has 1 aromatic carbocycles. The quantitative estimate of drug-likeness (QED) is 0.382. The maximum Gasteiger partial charge on any atom is 0.269 e. The number of nitrogens with one attached hydrogen (secondary N) is 2. The molecule has 0 aliphatic carbocycles. The zero-order valence-electron chi connectivity index (χ0n) is 14.8. The van der Waals surface area contributed by atoms with E-state index in [2.05, 4.69) is 24.7 Å². The summed E-state index contributed by atoms with van der Waals surface area (Å²) in [5.74, 6) is 0.510. The predicted octanol–water partition coefficient (Wildman–Crippen LogP) is 1.78. The van der Waals surface area contributed by atoms with Gasteiger partial charge in [0, 0.05) is 16.5 Å². The van der Waals surface area contributed by atoms with Crippen molar-refractivity contribution in [1.82, 2.24) is 10.9 Å². The van der Waals surface area contributed by atoms with Crippen molar-refractivity contribution in [2.24, 2.45) is 5.73 Å². The van der Waals surface area contributed by atoms with Gasteiger partial charge >= 0.3 is 0 Å². The van der Waals surface area contributed by atoms with Gasteiger partial charge in [-0.25, -0.2) is 0 Å². The van der Waals surface area contributed by atoms with Crippen LogP contribution in [0.5, 0.6) is 0 Å². The molecule has 2 atom stereocenters. The summed E-state index contributed by atoms with van der Waals surface area (Å²) in [7, 11) is 0. The monoisotopic (exact) mass is 385 g/mol. The van der Waals surface area contributed by atoms with Gasteiger partial charge in [0.05, 0.1) is 0 Å². The van der Waals surface area contributed by atoms with Crippen molar-refractivity contribution in [3.63, 3.8) is 0 Å². The smallest absolute Gasteiger partial charge is 0.269 e. The van der Waals surface area contributed by atoms with E-state index in [-0.39, 0.29) is 0 Å². The van der Waals surface area contributed by atoms with Gasteiger partial charge in [0.1, 0.15) is 6.10 Å². The second-order valence-corrected chi connectivity index (χ2v) is 8.74. The molecule has 1 aromatic rings. The third-order valence-electron chi connectivity index (χ3n) is 3.28. The van der Waals surface area contributed by atoms with Crippen LogP contribution in [0, 0.1) is 0 Å². The van der Waals surface area contributed by atoms with E-state index in [1.54, 1.807) is 41.7 Å². The molecule has 0 aliphatic rings. The summed E-state index contributed by atoms with van der Waals surface area (Å²) in [6, 6.07) is 6.44. The Bertz CT molecular complexity index is 570. The van der Waals surface area contributed by atoms with Crippen molar-refractivity contribution in [1.29, 1.82) is 0 Å². The second kappa shape index (κ2) is 11.4. The van der Waals surface area contributed by atoms with Crippen molar-refractivity contribution in [3.05, 3.63) is 29.8 Å². The molecule has 0 heterocycles. The van der Waals surface area contributed by atoms with Crippen molar-refractivity contribution < 1.29 is 14.7 Å². The van der Waals surface area contributed by atoms with Crippen LogP contribution in [-0.4, -0.2) is 45.8 Å². The topological polar surface area (TPSA) is 104 Å². The Balaban J connectivity index is 2.46. The molecule has 5 N–H and O–H groups in total. The SMILES string of the molecule is CCSc1cccc(C(=O)NNC(=O)C(O)[C@H](N)CCSC(C)C)c1. The summed E-state index contributed by atoms with van der Waals surface area (Å²) in [6.07, 6.45) is -0.850. The van der Waals surface area contributed by atoms with Gasteiger partial charge in [0.25, 0.3) is 11.8 Å². The maximum atomic E-state index is 12.1. The number of hydrogen-bond acceptors (Lipinski definition) is 6. The molecule has 0 aliphatic heterocycles. The maximum absolute atomic E-state index is 12.1. The minimum absolute atomic E-state index is 0.436. The molecule has 0 bridgehead atoms. The Morgan fingerprint density at radius 3 is 2.64 bits per heavy atom. The van der Waals surface area contributed by atoms with Crippen molar-refractivity contribution in [2.75, 3.05) is 11.5 Å². The standard InChI is InChI=1S/C17H27N3O3S2/c1-4-24-13-7-5-6-12(10-13)16(22)19-20-17(23)15(21)14(18)8-9-25-11(2)3/h5-7,10-11,14-15,21H,4,8-9,18H2,1-3H3,(H,19,22)(H,20,23)/t14-,15?/m1/s1. The van der Waals surface area contributed by atoms with E-state index in [4.69, 9.17) is 5.73 Å². The molecule has 8 heteroatoms. The highest BCUT2D eigenvalue weighted by molar-refractivity contribution is 7.99. The molecule has 2 amide bonds. The molecule has 0 fully saturated rings. The Kier molecular flexibility index (Phi) is 9.96. The highest BCUT2D eigenvalue weighted by Crippen LogP contribution is 2.18. The molecule has 1 rings (SSSR count). The summed E-state index contributed by atoms with van der Waals surface area (Å²) in [5.41, 5.74) is 10.8. The lowest BCUT2D eigenvalue weighted by Crippen LogP contribution is -2.52. The molecule has 140 valence electrons. The van der Waals surface area contributed by atoms with Crippen LogP contribution in [0.2, 0.25) is 0 Å². The second-order valence-electron chi connectivity index (χ2n) is 5.72. The number of benzene rings is 1. The van der Waals surface area contributed by atoms with Crippen LogP contribution in [0.1, 0.15) is 37.6 Å². The molecule has 0 radical (unpaired) electrons. The van der Waals surface area contributed by atoms with E-state index in [0.29, 0.717) is 17.2 Å². The fraction of sp³-hybridized carbons (Fsp3) is 0.529. The molecule has 0 aromatic heterocycles. The fourth-order valence-electron chi connectivity index (χ4n) is 1.95. The van der Waals surface area contributed by atoms with E-state index in [1.807, 2.05) is 13.0 Å². The average Bonchev–Trinajstić information content (AvgIpc) is 2.58. The van der Waals surface area contributed by atoms with E-state index < -0.39 is 24.0 Å². The van der Waals surface area contributed by atoms with Gasteiger partial charge in [0.2, 0.25) is 0 Å². The first-order valence-corrected chi connectivity index (χ1v) is 10.3. The first kappa shape index (κ1) is 21.8. The fourth-order valence-corrected chi connectivity index (χ4v) is 3.55. The van der Waals surface area contributed by atoms with E-state index in [1.165, 1.54) is 0 Å². The number of amides is 2. The van der Waals surface area contributed by atoms with Crippen LogP contribution >= 0.6 is 23.5 Å². The van der Waals surface area contributed by atoms with Crippen LogP contribution in [-0.2, 0) is 4.79 Å². The molecule has 6 nitrogen and oxygen atoms in total. The van der Waals surface area contributed by atoms with Crippen molar-refractivity contribution in [2.45, 2.75) is 49.5 Å². The normalized spacial score (nSPS) is 13.4. The minimum atomic E-state index is -1.37. The van der Waals surface area contributed by atoms with E-state index >= 15 is 0 Å². The lowest BCUT2D eigenvalue weighted by Gasteiger charge is -2.19. The van der Waals surface area contributed by atoms with Gasteiger partial charge in [-0.3, -0.25) is 20.4 Å². The summed E-state index contributed by atoms with van der Waals surface area (Å²) in [5, 5.41) is 10.4. The lowest BCUT2D eigenvalue weighted by molar-refractivity contribution is -0.131. The van der Waals surface area contributed by atoms with Gasteiger partial charge in [-0.15, -0.1) is 11.8 Å². The molecular formula is C17H27N3O3S2. The first-order valence-electron chi connectivity index (χ1n) is 8.23. The summed E-state index contributed by atoms with van der Waals surface area (Å²) in [6.45, 7) is 6.17. The molecule has 25 heavy (non-hydrogen) atoms. The van der Waals surface area contributed by atoms with Crippen LogP contribution < -0.4 is 16.6 Å². The predicted molar refractivity (Wildman–Crippen MR) is 105 cm³/mol. The number of aliphatic hydroxyl groups excluding tert-OH is 1. The lowest BCUT2D eigenvalue weighted by atomic mass is 10.1. The number of hydrazine groups is 1. The molecule has 1 unspecified atom stereocenters. The Morgan fingerprint density at radius 2 is 2.00 bits per heavy atom. The van der Waals surface area contributed by atoms with Gasteiger partial charge in [-0.1, -0.05) is 26.8 Å². The number of nitrogens with two attached hydrogens (primary N) is 1. The van der Waals surface area contributed by atoms with E-state index in [9.17, 15) is 14.7 Å². The summed E-state index contributed by atoms with van der Waals surface area (Å²) < 4.78 is 0. The Morgan fingerprint density at radius 1 is 1.28 bits per heavy atom. The number of carbonyl (C=O) groups excluding carboxylic acids is 2. The van der Waals surface area contributed by atoms with Crippen LogP contribution in [0.4, 0.5) is 0 Å². The Labute approximate surface area is 157 Å². The highest BCUT2D eigenvalue weighted by Gasteiger charge is 2.23. The first-order chi connectivity index (χ1) is 11.8. The van der Waals surface area contributed by atoms with Gasteiger partial charge in [0.15, 0.2) is 0 Å². The van der Waals surface area contributed by atoms with Crippen LogP contribution in [0.15, 0.2) is 29.2 Å². The minimum Gasteiger partial charge on any atom is -0.382 e. The van der Waals surface area contributed by atoms with Gasteiger partial charge < -0.3 is 10.8 Å². The Hall–Kier alpha value is -1.22. The average molecular weight is 386 g/mol. The molecule has 0 saturated carbocycles. The largest absolute Gasteiger partial charge is 0.382 e. The van der Waals surface area contributed by atoms with Crippen molar-refractivity contribution in [3.8, 4) is 0 Å². The third-order valence-corrected chi connectivity index (χ3v) is 5.30. The summed E-state index contributed by atoms with van der Waals surface area (Å²) in [4.78, 5) is 25.0. The molecular weight excluding hydrogens is 358 g/mol.